The molecule has 1 aromatic rings. The molecule has 0 bridgehead atoms. The van der Waals surface area contributed by atoms with Crippen molar-refractivity contribution >= 4 is 5.97 Å². The maximum Gasteiger partial charge on any atom is 0.333 e. The molecule has 0 aliphatic rings. The van der Waals surface area contributed by atoms with Gasteiger partial charge in [0.15, 0.2) is 0 Å². The summed E-state index contributed by atoms with van der Waals surface area (Å²) in [5, 5.41) is 0. The van der Waals surface area contributed by atoms with Crippen molar-refractivity contribution in [1.29, 1.82) is 0 Å². The van der Waals surface area contributed by atoms with Crippen LogP contribution in [0.15, 0.2) is 36.7 Å². The highest BCUT2D eigenvalue weighted by Crippen LogP contribution is 2.16. The van der Waals surface area contributed by atoms with Gasteiger partial charge in [-0.05, 0) is 19.9 Å². The monoisotopic (exact) mass is 191 g/mol. The van der Waals surface area contributed by atoms with Gasteiger partial charge in [0.1, 0.15) is 6.10 Å². The molecule has 0 spiro atoms. The molecule has 0 aromatic carbocycles. The van der Waals surface area contributed by atoms with Gasteiger partial charge in [0.25, 0.3) is 0 Å². The van der Waals surface area contributed by atoms with E-state index in [1.165, 1.54) is 0 Å². The molecule has 0 radical (unpaired) electrons. The second kappa shape index (κ2) is 4.56. The average molecular weight is 191 g/mol. The smallest absolute Gasteiger partial charge is 0.333 e. The Morgan fingerprint density at radius 2 is 2.36 bits per heavy atom. The third kappa shape index (κ3) is 2.69. The van der Waals surface area contributed by atoms with Crippen molar-refractivity contribution < 1.29 is 9.53 Å². The van der Waals surface area contributed by atoms with Crippen LogP contribution in [-0.4, -0.2) is 11.0 Å². The van der Waals surface area contributed by atoms with Crippen molar-refractivity contribution in [1.82, 2.24) is 4.98 Å². The van der Waals surface area contributed by atoms with Crippen LogP contribution in [-0.2, 0) is 9.53 Å². The molecule has 0 saturated heterocycles. The molecule has 0 amide bonds. The Bertz CT molecular complexity index is 332. The summed E-state index contributed by atoms with van der Waals surface area (Å²) in [6, 6.07) is 3.67. The molecule has 1 aromatic heterocycles. The molecule has 0 aliphatic heterocycles. The lowest BCUT2D eigenvalue weighted by atomic mass is 10.2. The Kier molecular flexibility index (Phi) is 3.40. The molecule has 14 heavy (non-hydrogen) atoms. The predicted molar refractivity (Wildman–Crippen MR) is 53.6 cm³/mol. The van der Waals surface area contributed by atoms with E-state index in [0.29, 0.717) is 5.57 Å². The zero-order valence-corrected chi connectivity index (χ0v) is 8.36. The highest BCUT2D eigenvalue weighted by atomic mass is 16.5. The number of rotatable bonds is 3. The lowest BCUT2D eigenvalue weighted by molar-refractivity contribution is -0.143. The van der Waals surface area contributed by atoms with Crippen LogP contribution in [0.1, 0.15) is 25.5 Å². The summed E-state index contributed by atoms with van der Waals surface area (Å²) < 4.78 is 5.12. The van der Waals surface area contributed by atoms with Crippen LogP contribution in [0.4, 0.5) is 0 Å². The average Bonchev–Trinajstić information content (AvgIpc) is 2.19. The molecule has 74 valence electrons. The standard InChI is InChI=1S/C11H13NO2/c1-8(2)11(13)14-9(3)10-5-4-6-12-7-10/h4-7,9H,1H2,2-3H3. The number of carbonyl (C=O) groups is 1. The Hall–Kier alpha value is -1.64. The van der Waals surface area contributed by atoms with Gasteiger partial charge in [0.05, 0.1) is 0 Å². The molecule has 0 saturated carbocycles. The summed E-state index contributed by atoms with van der Waals surface area (Å²) in [6.07, 6.45) is 3.07. The van der Waals surface area contributed by atoms with Gasteiger partial charge < -0.3 is 4.74 Å². The number of hydrogen-bond donors (Lipinski definition) is 0. The number of pyridine rings is 1. The fourth-order valence-corrected chi connectivity index (χ4v) is 0.946. The summed E-state index contributed by atoms with van der Waals surface area (Å²) >= 11 is 0. The number of carbonyl (C=O) groups excluding carboxylic acids is 1. The van der Waals surface area contributed by atoms with E-state index in [4.69, 9.17) is 4.74 Å². The molecule has 3 nitrogen and oxygen atoms in total. The van der Waals surface area contributed by atoms with E-state index in [-0.39, 0.29) is 12.1 Å². The first-order valence-electron chi connectivity index (χ1n) is 4.37. The summed E-state index contributed by atoms with van der Waals surface area (Å²) in [4.78, 5) is 15.1. The largest absolute Gasteiger partial charge is 0.454 e. The first-order valence-corrected chi connectivity index (χ1v) is 4.37. The van der Waals surface area contributed by atoms with Gasteiger partial charge in [-0.2, -0.15) is 0 Å². The normalized spacial score (nSPS) is 11.9. The Labute approximate surface area is 83.4 Å². The van der Waals surface area contributed by atoms with Gasteiger partial charge in [0.2, 0.25) is 0 Å². The van der Waals surface area contributed by atoms with E-state index in [1.54, 1.807) is 32.3 Å². The SMILES string of the molecule is C=C(C)C(=O)OC(C)c1cccnc1. The summed E-state index contributed by atoms with van der Waals surface area (Å²) in [5.74, 6) is -0.374. The van der Waals surface area contributed by atoms with Gasteiger partial charge in [-0.25, -0.2) is 4.79 Å². The van der Waals surface area contributed by atoms with Crippen molar-refractivity contribution in [2.45, 2.75) is 20.0 Å². The number of ether oxygens (including phenoxy) is 1. The fraction of sp³-hybridized carbons (Fsp3) is 0.273. The van der Waals surface area contributed by atoms with Crippen LogP contribution in [0.3, 0.4) is 0 Å². The maximum absolute atomic E-state index is 11.2. The second-order valence-corrected chi connectivity index (χ2v) is 3.11. The third-order valence-electron chi connectivity index (χ3n) is 1.79. The van der Waals surface area contributed by atoms with Crippen molar-refractivity contribution in [3.05, 3.63) is 42.2 Å². The van der Waals surface area contributed by atoms with Crippen LogP contribution in [0.25, 0.3) is 0 Å². The summed E-state index contributed by atoms with van der Waals surface area (Å²) in [7, 11) is 0. The zero-order valence-electron chi connectivity index (χ0n) is 8.36. The van der Waals surface area contributed by atoms with E-state index >= 15 is 0 Å². The topological polar surface area (TPSA) is 39.2 Å². The third-order valence-corrected chi connectivity index (χ3v) is 1.79. The molecule has 0 fully saturated rings. The molecular weight excluding hydrogens is 178 g/mol. The van der Waals surface area contributed by atoms with Gasteiger partial charge in [-0.3, -0.25) is 4.98 Å². The second-order valence-electron chi connectivity index (χ2n) is 3.11. The quantitative estimate of drug-likeness (QED) is 0.543. The Balaban J connectivity index is 2.64. The lowest BCUT2D eigenvalue weighted by Crippen LogP contribution is -2.09. The van der Waals surface area contributed by atoms with Crippen molar-refractivity contribution in [2.75, 3.05) is 0 Å². The number of aromatic nitrogens is 1. The number of esters is 1. The molecular formula is C11H13NO2. The lowest BCUT2D eigenvalue weighted by Gasteiger charge is -2.12. The Morgan fingerprint density at radius 3 is 2.86 bits per heavy atom. The van der Waals surface area contributed by atoms with Crippen molar-refractivity contribution in [3.63, 3.8) is 0 Å². The fourth-order valence-electron chi connectivity index (χ4n) is 0.946. The van der Waals surface area contributed by atoms with Crippen LogP contribution < -0.4 is 0 Å². The molecule has 1 rings (SSSR count). The highest BCUT2D eigenvalue weighted by molar-refractivity contribution is 5.87. The molecule has 1 atom stereocenters. The van der Waals surface area contributed by atoms with Crippen LogP contribution >= 0.6 is 0 Å². The predicted octanol–water partition coefficient (Wildman–Crippen LogP) is 2.26. The van der Waals surface area contributed by atoms with E-state index in [0.717, 1.165) is 5.56 Å². The van der Waals surface area contributed by atoms with E-state index in [2.05, 4.69) is 11.6 Å². The van der Waals surface area contributed by atoms with Gasteiger partial charge >= 0.3 is 5.97 Å². The molecule has 1 unspecified atom stereocenters. The highest BCUT2D eigenvalue weighted by Gasteiger charge is 2.11. The van der Waals surface area contributed by atoms with E-state index in [1.807, 2.05) is 6.07 Å². The van der Waals surface area contributed by atoms with E-state index < -0.39 is 0 Å². The van der Waals surface area contributed by atoms with Crippen molar-refractivity contribution in [2.24, 2.45) is 0 Å². The molecule has 0 aliphatic carbocycles. The number of nitrogens with zero attached hydrogens (tertiary/aromatic N) is 1. The molecule has 1 heterocycles. The number of hydrogen-bond acceptors (Lipinski definition) is 3. The van der Waals surface area contributed by atoms with Crippen LogP contribution in [0.2, 0.25) is 0 Å². The van der Waals surface area contributed by atoms with Gasteiger partial charge in [-0.15, -0.1) is 0 Å². The first-order chi connectivity index (χ1) is 6.61. The zero-order chi connectivity index (χ0) is 10.6. The molecule has 3 heteroatoms. The van der Waals surface area contributed by atoms with E-state index in [9.17, 15) is 4.79 Å². The van der Waals surface area contributed by atoms with Gasteiger partial charge in [-0.1, -0.05) is 12.6 Å². The summed E-state index contributed by atoms with van der Waals surface area (Å²) in [5.41, 5.74) is 1.28. The first kappa shape index (κ1) is 10.4. The molecule has 0 N–H and O–H groups in total. The van der Waals surface area contributed by atoms with Crippen LogP contribution in [0, 0.1) is 0 Å². The minimum atomic E-state index is -0.374. The summed E-state index contributed by atoms with van der Waals surface area (Å²) in [6.45, 7) is 6.94. The minimum absolute atomic E-state index is 0.284. The Morgan fingerprint density at radius 1 is 1.64 bits per heavy atom. The van der Waals surface area contributed by atoms with Crippen molar-refractivity contribution in [3.8, 4) is 0 Å². The minimum Gasteiger partial charge on any atom is -0.454 e. The maximum atomic E-state index is 11.2. The van der Waals surface area contributed by atoms with Crippen LogP contribution in [0.5, 0.6) is 0 Å². The van der Waals surface area contributed by atoms with Gasteiger partial charge in [0, 0.05) is 23.5 Å².